The normalized spacial score (nSPS) is 11.5. The van der Waals surface area contributed by atoms with E-state index in [-0.39, 0.29) is 19.1 Å². The summed E-state index contributed by atoms with van der Waals surface area (Å²) in [5.74, 6) is -12.3. The van der Waals surface area contributed by atoms with Crippen molar-refractivity contribution in [3.63, 3.8) is 0 Å². The molecule has 0 saturated carbocycles. The van der Waals surface area contributed by atoms with E-state index >= 15 is 0 Å². The number of carbonyl (C=O) groups is 1. The van der Waals surface area contributed by atoms with E-state index in [2.05, 4.69) is 9.61 Å². The van der Waals surface area contributed by atoms with Crippen LogP contribution in [0.3, 0.4) is 0 Å². The molecule has 0 amide bonds. The average Bonchev–Trinajstić information content (AvgIpc) is 2.62. The molecule has 1 N–H and O–H groups in total. The van der Waals surface area contributed by atoms with E-state index in [4.69, 9.17) is 4.74 Å². The molecule has 0 radical (unpaired) electrons. The summed E-state index contributed by atoms with van der Waals surface area (Å²) in [4.78, 5) is 11.6. The van der Waals surface area contributed by atoms with Crippen molar-refractivity contribution in [2.75, 3.05) is 13.2 Å². The van der Waals surface area contributed by atoms with E-state index < -0.39 is 49.8 Å². The molecule has 0 aliphatic rings. The number of hydrogen-bond donors (Lipinski definition) is 1. The first kappa shape index (κ1) is 22.6. The molecular weight excluding hydrogens is 380 g/mol. The maximum atomic E-state index is 13.4. The van der Waals surface area contributed by atoms with Gasteiger partial charge in [0.1, 0.15) is 8.96 Å². The topological polar surface area (TPSA) is 47.6 Å². The fourth-order valence-corrected chi connectivity index (χ4v) is 2.83. The summed E-state index contributed by atoms with van der Waals surface area (Å²) < 4.78 is 75.3. The number of benzene rings is 1. The second-order valence-electron chi connectivity index (χ2n) is 5.58. The molecular formula is C16H21F5NO3P. The number of halogens is 5. The summed E-state index contributed by atoms with van der Waals surface area (Å²) in [6, 6.07) is 0. The van der Waals surface area contributed by atoms with Crippen LogP contribution in [0.5, 0.6) is 5.75 Å². The molecule has 4 nitrogen and oxygen atoms in total. The van der Waals surface area contributed by atoms with Gasteiger partial charge in [0.05, 0.1) is 13.2 Å². The quantitative estimate of drug-likeness (QED) is 0.147. The molecule has 1 aromatic carbocycles. The highest BCUT2D eigenvalue weighted by molar-refractivity contribution is 7.30. The number of rotatable bonds is 11. The fourth-order valence-electron chi connectivity index (χ4n) is 2.26. The van der Waals surface area contributed by atoms with Crippen molar-refractivity contribution in [3.05, 3.63) is 29.1 Å². The van der Waals surface area contributed by atoms with Crippen LogP contribution in [0.4, 0.5) is 22.0 Å². The number of nitrogens with one attached hydrogen (secondary N) is 1. The van der Waals surface area contributed by atoms with Gasteiger partial charge in [-0.2, -0.15) is 8.78 Å². The van der Waals surface area contributed by atoms with E-state index in [1.165, 1.54) is 0 Å². The molecule has 0 aliphatic carbocycles. The number of esters is 1. The summed E-state index contributed by atoms with van der Waals surface area (Å²) in [6.07, 6.45) is 3.80. The van der Waals surface area contributed by atoms with Gasteiger partial charge >= 0.3 is 5.97 Å². The van der Waals surface area contributed by atoms with Crippen molar-refractivity contribution in [1.82, 2.24) is 5.09 Å². The Hall–Kier alpha value is -1.47. The predicted molar refractivity (Wildman–Crippen MR) is 87.4 cm³/mol. The molecule has 148 valence electrons. The lowest BCUT2D eigenvalue weighted by Crippen LogP contribution is -2.22. The van der Waals surface area contributed by atoms with Crippen LogP contribution < -0.4 is 9.61 Å². The lowest BCUT2D eigenvalue weighted by atomic mass is 9.99. The van der Waals surface area contributed by atoms with Gasteiger partial charge in [-0.15, -0.1) is 0 Å². The van der Waals surface area contributed by atoms with Crippen molar-refractivity contribution in [2.45, 2.75) is 39.5 Å². The molecule has 26 heavy (non-hydrogen) atoms. The number of ether oxygens (including phenoxy) is 1. The Bertz CT molecular complexity index is 583. The molecule has 0 aromatic heterocycles. The third-order valence-corrected chi connectivity index (χ3v) is 4.13. The molecule has 1 rings (SSSR count). The van der Waals surface area contributed by atoms with Crippen LogP contribution in [-0.4, -0.2) is 19.1 Å². The largest absolute Gasteiger partial charge is 0.464 e. The fraction of sp³-hybridized carbons (Fsp3) is 0.562. The van der Waals surface area contributed by atoms with Crippen LogP contribution in [0.1, 0.15) is 39.5 Å². The summed E-state index contributed by atoms with van der Waals surface area (Å²) in [7, 11) is -0.902. The highest BCUT2D eigenvalue weighted by Crippen LogP contribution is 2.31. The lowest BCUT2D eigenvalue weighted by molar-refractivity contribution is -0.143. The zero-order valence-corrected chi connectivity index (χ0v) is 15.4. The monoisotopic (exact) mass is 401 g/mol. The van der Waals surface area contributed by atoms with Crippen LogP contribution in [0, 0.1) is 35.0 Å². The van der Waals surface area contributed by atoms with Crippen molar-refractivity contribution >= 4 is 14.9 Å². The van der Waals surface area contributed by atoms with E-state index in [0.717, 1.165) is 25.7 Å². The SMILES string of the molecule is CCCC(CCC)COC(=O)CNPOc1c(F)c(F)c(F)c(F)c1F. The molecule has 10 heteroatoms. The Kier molecular flexibility index (Phi) is 9.80. The first-order valence-electron chi connectivity index (χ1n) is 8.15. The van der Waals surface area contributed by atoms with Crippen LogP contribution in [0.25, 0.3) is 0 Å². The number of carbonyl (C=O) groups excluding carboxylic acids is 1. The summed E-state index contributed by atoms with van der Waals surface area (Å²) in [5, 5.41) is 2.39. The summed E-state index contributed by atoms with van der Waals surface area (Å²) in [5.41, 5.74) is 0. The minimum Gasteiger partial charge on any atom is -0.464 e. The maximum Gasteiger partial charge on any atom is 0.320 e. The molecule has 0 heterocycles. The van der Waals surface area contributed by atoms with E-state index in [9.17, 15) is 26.7 Å². The molecule has 0 saturated heterocycles. The van der Waals surface area contributed by atoms with E-state index in [1.807, 2.05) is 13.8 Å². The first-order valence-corrected chi connectivity index (χ1v) is 9.05. The molecule has 1 unspecified atom stereocenters. The van der Waals surface area contributed by atoms with Gasteiger partial charge in [0.25, 0.3) is 0 Å². The van der Waals surface area contributed by atoms with E-state index in [1.54, 1.807) is 0 Å². The van der Waals surface area contributed by atoms with Gasteiger partial charge < -0.3 is 9.26 Å². The second kappa shape index (κ2) is 11.3. The zero-order valence-electron chi connectivity index (χ0n) is 14.4. The third-order valence-electron chi connectivity index (χ3n) is 3.50. The molecule has 0 bridgehead atoms. The third kappa shape index (κ3) is 6.36. The van der Waals surface area contributed by atoms with Crippen LogP contribution in [0.2, 0.25) is 0 Å². The maximum absolute atomic E-state index is 13.4. The van der Waals surface area contributed by atoms with Crippen molar-refractivity contribution in [3.8, 4) is 5.75 Å². The average molecular weight is 401 g/mol. The van der Waals surface area contributed by atoms with Crippen molar-refractivity contribution in [1.29, 1.82) is 0 Å². The Morgan fingerprint density at radius 2 is 1.46 bits per heavy atom. The molecule has 0 fully saturated rings. The second-order valence-corrected chi connectivity index (χ2v) is 6.34. The van der Waals surface area contributed by atoms with Gasteiger partial charge in [0, 0.05) is 0 Å². The molecule has 1 aromatic rings. The molecule has 1 atom stereocenters. The van der Waals surface area contributed by atoms with Gasteiger partial charge in [0.2, 0.25) is 34.8 Å². The smallest absolute Gasteiger partial charge is 0.320 e. The highest BCUT2D eigenvalue weighted by atomic mass is 31.1. The molecule has 0 spiro atoms. The molecule has 0 aliphatic heterocycles. The summed E-state index contributed by atoms with van der Waals surface area (Å²) in [6.45, 7) is 4.01. The summed E-state index contributed by atoms with van der Waals surface area (Å²) >= 11 is 0. The van der Waals surface area contributed by atoms with E-state index in [0.29, 0.717) is 0 Å². The van der Waals surface area contributed by atoms with Crippen LogP contribution >= 0.6 is 8.96 Å². The lowest BCUT2D eigenvalue weighted by Gasteiger charge is -2.15. The predicted octanol–water partition coefficient (Wildman–Crippen LogP) is 4.62. The zero-order chi connectivity index (χ0) is 19.7. The standard InChI is InChI=1S/C16H21F5NO3P/c1-3-5-9(6-4-2)8-24-10(23)7-22-26-25-16-14(20)12(18)11(17)13(19)15(16)21/h9,22,26H,3-8H2,1-2H3. The van der Waals surface area contributed by atoms with Gasteiger partial charge in [-0.25, -0.2) is 13.2 Å². The van der Waals surface area contributed by atoms with Gasteiger partial charge in [-0.3, -0.25) is 9.88 Å². The Labute approximate surface area is 150 Å². The Morgan fingerprint density at radius 3 is 1.96 bits per heavy atom. The van der Waals surface area contributed by atoms with Crippen molar-refractivity contribution < 1.29 is 36.0 Å². The van der Waals surface area contributed by atoms with Gasteiger partial charge in [-0.1, -0.05) is 26.7 Å². The Balaban J connectivity index is 2.44. The Morgan fingerprint density at radius 1 is 0.962 bits per heavy atom. The van der Waals surface area contributed by atoms with Gasteiger partial charge in [0.15, 0.2) is 0 Å². The minimum absolute atomic E-state index is 0.265. The minimum atomic E-state index is -2.26. The van der Waals surface area contributed by atoms with Crippen molar-refractivity contribution in [2.24, 2.45) is 5.92 Å². The van der Waals surface area contributed by atoms with Crippen LogP contribution in [-0.2, 0) is 9.53 Å². The van der Waals surface area contributed by atoms with Crippen LogP contribution in [0.15, 0.2) is 0 Å². The first-order chi connectivity index (χ1) is 12.3. The number of hydrogen-bond acceptors (Lipinski definition) is 4. The highest BCUT2D eigenvalue weighted by Gasteiger charge is 2.27. The van der Waals surface area contributed by atoms with Gasteiger partial charge in [-0.05, 0) is 18.8 Å².